The predicted octanol–water partition coefficient (Wildman–Crippen LogP) is 2.74. The molecule has 1 aromatic carbocycles. The van der Waals surface area contributed by atoms with Gasteiger partial charge < -0.3 is 4.74 Å². The summed E-state index contributed by atoms with van der Waals surface area (Å²) in [5.41, 5.74) is 2.60. The normalized spacial score (nSPS) is 10.9. The third kappa shape index (κ3) is 3.09. The Morgan fingerprint density at radius 3 is 2.40 bits per heavy atom. The van der Waals surface area contributed by atoms with Crippen LogP contribution >= 0.6 is 0 Å². The highest BCUT2D eigenvalue weighted by Gasteiger charge is 2.04. The molecule has 0 unspecified atom stereocenters. The molecular formula is C13H14O2. The van der Waals surface area contributed by atoms with Crippen molar-refractivity contribution in [1.82, 2.24) is 0 Å². The molecule has 0 amide bonds. The molecule has 1 rings (SSSR count). The Hall–Kier alpha value is -1.83. The lowest BCUT2D eigenvalue weighted by Crippen LogP contribution is -2.01. The van der Waals surface area contributed by atoms with Crippen LogP contribution in [-0.4, -0.2) is 13.1 Å². The smallest absolute Gasteiger partial charge is 0.337 e. The minimum atomic E-state index is -0.370. The van der Waals surface area contributed by atoms with E-state index >= 15 is 0 Å². The van der Waals surface area contributed by atoms with E-state index in [0.29, 0.717) is 5.57 Å². The van der Waals surface area contributed by atoms with Gasteiger partial charge in [-0.05, 0) is 18.6 Å². The number of carbonyl (C=O) groups is 1. The second kappa shape index (κ2) is 5.15. The van der Waals surface area contributed by atoms with Crippen molar-refractivity contribution in [3.63, 3.8) is 0 Å². The van der Waals surface area contributed by atoms with Gasteiger partial charge in [0.1, 0.15) is 0 Å². The van der Waals surface area contributed by atoms with Crippen LogP contribution in [-0.2, 0) is 9.53 Å². The molecule has 0 radical (unpaired) electrons. The molecule has 0 aliphatic rings. The first-order chi connectivity index (χ1) is 7.17. The van der Waals surface area contributed by atoms with Crippen molar-refractivity contribution in [3.05, 3.63) is 53.6 Å². The summed E-state index contributed by atoms with van der Waals surface area (Å²) in [5, 5.41) is 0. The summed E-state index contributed by atoms with van der Waals surface area (Å²) in [6.07, 6.45) is 3.24. The fourth-order valence-corrected chi connectivity index (χ4v) is 1.16. The van der Waals surface area contributed by atoms with Gasteiger partial charge in [-0.2, -0.15) is 0 Å². The summed E-state index contributed by atoms with van der Waals surface area (Å²) in [5.74, 6) is -0.370. The van der Waals surface area contributed by atoms with Crippen LogP contribution in [0.25, 0.3) is 6.08 Å². The first-order valence-electron chi connectivity index (χ1n) is 4.66. The third-order valence-corrected chi connectivity index (χ3v) is 2.04. The number of hydrogen-bond donors (Lipinski definition) is 0. The summed E-state index contributed by atoms with van der Waals surface area (Å²) >= 11 is 0. The molecule has 0 atom stereocenters. The van der Waals surface area contributed by atoms with Gasteiger partial charge in [0.05, 0.1) is 12.7 Å². The zero-order chi connectivity index (χ0) is 11.3. The Balaban J connectivity index is 2.98. The van der Waals surface area contributed by atoms with E-state index in [0.717, 1.165) is 5.56 Å². The lowest BCUT2D eigenvalue weighted by Gasteiger charge is -2.00. The molecule has 2 nitrogen and oxygen atoms in total. The molecule has 0 fully saturated rings. The van der Waals surface area contributed by atoms with Crippen LogP contribution in [0.5, 0.6) is 0 Å². The quantitative estimate of drug-likeness (QED) is 0.428. The van der Waals surface area contributed by atoms with Gasteiger partial charge in [-0.25, -0.2) is 4.79 Å². The van der Waals surface area contributed by atoms with Crippen molar-refractivity contribution < 1.29 is 9.53 Å². The minimum Gasteiger partial charge on any atom is -0.465 e. The number of carbonyl (C=O) groups excluding carboxylic acids is 1. The standard InChI is InChI=1S/C13H14O2/c1-4-12(13(14)15-3)9-11-7-5-10(2)6-8-11/h4-9H,1H2,2-3H3. The Kier molecular flexibility index (Phi) is 3.86. The largest absolute Gasteiger partial charge is 0.465 e. The van der Waals surface area contributed by atoms with E-state index in [2.05, 4.69) is 11.3 Å². The van der Waals surface area contributed by atoms with Crippen LogP contribution in [0.4, 0.5) is 0 Å². The van der Waals surface area contributed by atoms with E-state index in [9.17, 15) is 4.79 Å². The van der Waals surface area contributed by atoms with Gasteiger partial charge >= 0.3 is 5.97 Å². The molecule has 0 spiro atoms. The maximum absolute atomic E-state index is 11.3. The van der Waals surface area contributed by atoms with Gasteiger partial charge in [-0.3, -0.25) is 0 Å². The van der Waals surface area contributed by atoms with E-state index in [-0.39, 0.29) is 5.97 Å². The molecule has 0 N–H and O–H groups in total. The van der Waals surface area contributed by atoms with Crippen LogP contribution in [0.1, 0.15) is 11.1 Å². The number of esters is 1. The van der Waals surface area contributed by atoms with Gasteiger partial charge in [0, 0.05) is 0 Å². The summed E-state index contributed by atoms with van der Waals surface area (Å²) < 4.78 is 4.62. The van der Waals surface area contributed by atoms with E-state index in [1.165, 1.54) is 18.7 Å². The van der Waals surface area contributed by atoms with Crippen molar-refractivity contribution in [2.75, 3.05) is 7.11 Å². The molecule has 0 saturated carbocycles. The highest BCUT2D eigenvalue weighted by atomic mass is 16.5. The molecule has 0 heterocycles. The Morgan fingerprint density at radius 2 is 1.93 bits per heavy atom. The number of rotatable bonds is 3. The van der Waals surface area contributed by atoms with E-state index in [4.69, 9.17) is 0 Å². The van der Waals surface area contributed by atoms with E-state index in [1.54, 1.807) is 6.08 Å². The SMILES string of the molecule is C=CC(=Cc1ccc(C)cc1)C(=O)OC. The van der Waals surface area contributed by atoms with Crippen molar-refractivity contribution in [1.29, 1.82) is 0 Å². The fraction of sp³-hybridized carbons (Fsp3) is 0.154. The number of aryl methyl sites for hydroxylation is 1. The molecular weight excluding hydrogens is 188 g/mol. The number of benzene rings is 1. The van der Waals surface area contributed by atoms with Gasteiger partial charge in [-0.1, -0.05) is 42.5 Å². The lowest BCUT2D eigenvalue weighted by molar-refractivity contribution is -0.135. The Labute approximate surface area is 89.9 Å². The summed E-state index contributed by atoms with van der Waals surface area (Å²) in [4.78, 5) is 11.3. The number of hydrogen-bond acceptors (Lipinski definition) is 2. The minimum absolute atomic E-state index is 0.370. The summed E-state index contributed by atoms with van der Waals surface area (Å²) in [6.45, 7) is 5.59. The van der Waals surface area contributed by atoms with E-state index in [1.807, 2.05) is 31.2 Å². The van der Waals surface area contributed by atoms with Crippen LogP contribution in [0, 0.1) is 6.92 Å². The van der Waals surface area contributed by atoms with Gasteiger partial charge in [-0.15, -0.1) is 0 Å². The van der Waals surface area contributed by atoms with Crippen LogP contribution in [0.2, 0.25) is 0 Å². The van der Waals surface area contributed by atoms with Crippen molar-refractivity contribution in [2.45, 2.75) is 6.92 Å². The van der Waals surface area contributed by atoms with Gasteiger partial charge in [0.25, 0.3) is 0 Å². The van der Waals surface area contributed by atoms with Crippen LogP contribution < -0.4 is 0 Å². The molecule has 0 aromatic heterocycles. The maximum atomic E-state index is 11.3. The van der Waals surface area contributed by atoms with Crippen molar-refractivity contribution in [3.8, 4) is 0 Å². The average Bonchev–Trinajstić information content (AvgIpc) is 2.27. The molecule has 0 bridgehead atoms. The number of methoxy groups -OCH3 is 1. The van der Waals surface area contributed by atoms with Gasteiger partial charge in [0.15, 0.2) is 0 Å². The maximum Gasteiger partial charge on any atom is 0.337 e. The molecule has 0 saturated heterocycles. The van der Waals surface area contributed by atoms with Crippen LogP contribution in [0.3, 0.4) is 0 Å². The fourth-order valence-electron chi connectivity index (χ4n) is 1.16. The molecule has 0 aliphatic heterocycles. The zero-order valence-corrected chi connectivity index (χ0v) is 8.99. The molecule has 78 valence electrons. The topological polar surface area (TPSA) is 26.3 Å². The second-order valence-electron chi connectivity index (χ2n) is 3.21. The molecule has 15 heavy (non-hydrogen) atoms. The Morgan fingerprint density at radius 1 is 1.33 bits per heavy atom. The first kappa shape index (κ1) is 11.2. The van der Waals surface area contributed by atoms with Gasteiger partial charge in [0.2, 0.25) is 0 Å². The average molecular weight is 202 g/mol. The molecule has 2 heteroatoms. The lowest BCUT2D eigenvalue weighted by atomic mass is 10.1. The third-order valence-electron chi connectivity index (χ3n) is 2.04. The van der Waals surface area contributed by atoms with Crippen molar-refractivity contribution >= 4 is 12.0 Å². The predicted molar refractivity (Wildman–Crippen MR) is 61.4 cm³/mol. The summed E-state index contributed by atoms with van der Waals surface area (Å²) in [7, 11) is 1.36. The Bertz CT molecular complexity index is 386. The second-order valence-corrected chi connectivity index (χ2v) is 3.21. The zero-order valence-electron chi connectivity index (χ0n) is 8.99. The number of ether oxygens (including phenoxy) is 1. The highest BCUT2D eigenvalue weighted by molar-refractivity contribution is 5.96. The monoisotopic (exact) mass is 202 g/mol. The van der Waals surface area contributed by atoms with Crippen LogP contribution in [0.15, 0.2) is 42.5 Å². The summed E-state index contributed by atoms with van der Waals surface area (Å²) in [6, 6.07) is 7.87. The highest BCUT2D eigenvalue weighted by Crippen LogP contribution is 2.10. The first-order valence-corrected chi connectivity index (χ1v) is 4.66. The van der Waals surface area contributed by atoms with E-state index < -0.39 is 0 Å². The molecule has 1 aromatic rings. The van der Waals surface area contributed by atoms with Crippen molar-refractivity contribution in [2.24, 2.45) is 0 Å². The molecule has 0 aliphatic carbocycles.